The monoisotopic (exact) mass is 283 g/mol. The number of aromatic nitrogens is 4. The van der Waals surface area contributed by atoms with Gasteiger partial charge in [-0.15, -0.1) is 5.10 Å². The fraction of sp³-hybridized carbons (Fsp3) is 0.133. The highest BCUT2D eigenvalue weighted by Crippen LogP contribution is 2.26. The molecule has 0 saturated heterocycles. The maximum Gasteiger partial charge on any atom is 0.189 e. The second-order valence-corrected chi connectivity index (χ2v) is 4.67. The van der Waals surface area contributed by atoms with Crippen LogP contribution in [0.1, 0.15) is 12.5 Å². The Labute approximate surface area is 121 Å². The number of aryl methyl sites for hydroxylation is 1. The summed E-state index contributed by atoms with van der Waals surface area (Å²) < 4.78 is 14.8. The summed E-state index contributed by atoms with van der Waals surface area (Å²) in [6, 6.07) is 12.1. The number of hydrogen-bond acceptors (Lipinski definition) is 4. The molecule has 0 bridgehead atoms. The van der Waals surface area contributed by atoms with Crippen LogP contribution in [-0.4, -0.2) is 20.2 Å². The number of tetrazole rings is 1. The van der Waals surface area contributed by atoms with Crippen LogP contribution < -0.4 is 5.73 Å². The lowest BCUT2D eigenvalue weighted by Crippen LogP contribution is -2.02. The van der Waals surface area contributed by atoms with Crippen LogP contribution in [0.4, 0.5) is 10.1 Å². The molecule has 0 saturated carbocycles. The maximum absolute atomic E-state index is 13.2. The average Bonchev–Trinajstić information content (AvgIpc) is 2.96. The average molecular weight is 283 g/mol. The van der Waals surface area contributed by atoms with Crippen molar-refractivity contribution in [3.8, 4) is 17.1 Å². The predicted octanol–water partition coefficient (Wildman–Crippen LogP) is 2.61. The van der Waals surface area contributed by atoms with Crippen LogP contribution in [0.15, 0.2) is 42.5 Å². The van der Waals surface area contributed by atoms with Gasteiger partial charge in [0, 0.05) is 11.3 Å². The molecule has 0 radical (unpaired) electrons. The summed E-state index contributed by atoms with van der Waals surface area (Å²) >= 11 is 0. The molecule has 2 N–H and O–H groups in total. The number of hydrogen-bond donors (Lipinski definition) is 1. The number of benzene rings is 2. The Morgan fingerprint density at radius 2 is 2.05 bits per heavy atom. The highest BCUT2D eigenvalue weighted by molar-refractivity contribution is 5.72. The third kappa shape index (κ3) is 2.47. The SMILES string of the molecule is CCc1cccc(-n2nnnc2-c2ccc(F)cc2N)c1. The molecule has 1 aromatic heterocycles. The zero-order chi connectivity index (χ0) is 14.8. The molecule has 2 aromatic carbocycles. The quantitative estimate of drug-likeness (QED) is 0.750. The van der Waals surface area contributed by atoms with E-state index in [9.17, 15) is 4.39 Å². The number of nitrogens with two attached hydrogens (primary N) is 1. The van der Waals surface area contributed by atoms with Gasteiger partial charge in [-0.3, -0.25) is 0 Å². The van der Waals surface area contributed by atoms with E-state index in [1.54, 1.807) is 10.7 Å². The van der Waals surface area contributed by atoms with Crippen molar-refractivity contribution in [2.45, 2.75) is 13.3 Å². The summed E-state index contributed by atoms with van der Waals surface area (Å²) in [5.74, 6) is 0.101. The fourth-order valence-corrected chi connectivity index (χ4v) is 2.17. The molecule has 3 rings (SSSR count). The van der Waals surface area contributed by atoms with E-state index in [1.165, 1.54) is 17.7 Å². The summed E-state index contributed by atoms with van der Waals surface area (Å²) in [5, 5.41) is 11.7. The molecule has 5 nitrogen and oxygen atoms in total. The largest absolute Gasteiger partial charge is 0.398 e. The van der Waals surface area contributed by atoms with Gasteiger partial charge < -0.3 is 5.73 Å². The topological polar surface area (TPSA) is 69.6 Å². The van der Waals surface area contributed by atoms with Crippen molar-refractivity contribution in [2.24, 2.45) is 0 Å². The van der Waals surface area contributed by atoms with Crippen LogP contribution >= 0.6 is 0 Å². The molecule has 1 heterocycles. The van der Waals surface area contributed by atoms with E-state index in [-0.39, 0.29) is 5.82 Å². The first-order valence-corrected chi connectivity index (χ1v) is 6.62. The molecule has 6 heteroatoms. The summed E-state index contributed by atoms with van der Waals surface area (Å²) in [4.78, 5) is 0. The highest BCUT2D eigenvalue weighted by atomic mass is 19.1. The molecule has 0 unspecified atom stereocenters. The molecule has 0 amide bonds. The minimum Gasteiger partial charge on any atom is -0.398 e. The molecule has 0 aliphatic heterocycles. The minimum atomic E-state index is -0.386. The van der Waals surface area contributed by atoms with Gasteiger partial charge in [-0.1, -0.05) is 19.1 Å². The van der Waals surface area contributed by atoms with E-state index in [0.29, 0.717) is 17.1 Å². The molecular weight excluding hydrogens is 269 g/mol. The van der Waals surface area contributed by atoms with Crippen LogP contribution in [0.3, 0.4) is 0 Å². The Morgan fingerprint density at radius 1 is 1.19 bits per heavy atom. The van der Waals surface area contributed by atoms with Gasteiger partial charge in [0.15, 0.2) is 5.82 Å². The fourth-order valence-electron chi connectivity index (χ4n) is 2.17. The molecule has 0 fully saturated rings. The zero-order valence-electron chi connectivity index (χ0n) is 11.5. The van der Waals surface area contributed by atoms with E-state index in [1.807, 2.05) is 24.3 Å². The number of nitrogen functional groups attached to an aromatic ring is 1. The van der Waals surface area contributed by atoms with Crippen LogP contribution in [0, 0.1) is 5.82 Å². The van der Waals surface area contributed by atoms with Crippen molar-refractivity contribution < 1.29 is 4.39 Å². The van der Waals surface area contributed by atoms with Gasteiger partial charge >= 0.3 is 0 Å². The van der Waals surface area contributed by atoms with Crippen molar-refractivity contribution in [1.29, 1.82) is 0 Å². The van der Waals surface area contributed by atoms with Gasteiger partial charge in [-0.05, 0) is 52.7 Å². The Kier molecular flexibility index (Phi) is 3.35. The lowest BCUT2D eigenvalue weighted by molar-refractivity contribution is 0.628. The summed E-state index contributed by atoms with van der Waals surface area (Å²) in [7, 11) is 0. The molecule has 0 aliphatic rings. The van der Waals surface area contributed by atoms with Gasteiger partial charge in [-0.25, -0.2) is 4.39 Å². The Balaban J connectivity index is 2.12. The second kappa shape index (κ2) is 5.32. The van der Waals surface area contributed by atoms with Crippen LogP contribution in [0.25, 0.3) is 17.1 Å². The molecule has 21 heavy (non-hydrogen) atoms. The predicted molar refractivity (Wildman–Crippen MR) is 78.3 cm³/mol. The number of nitrogens with zero attached hydrogens (tertiary/aromatic N) is 4. The van der Waals surface area contributed by atoms with Gasteiger partial charge in [0.1, 0.15) is 5.82 Å². The molecular formula is C15H14FN5. The first-order valence-electron chi connectivity index (χ1n) is 6.62. The normalized spacial score (nSPS) is 10.8. The summed E-state index contributed by atoms with van der Waals surface area (Å²) in [6.45, 7) is 2.08. The van der Waals surface area contributed by atoms with E-state index in [4.69, 9.17) is 5.73 Å². The number of rotatable bonds is 3. The van der Waals surface area contributed by atoms with Crippen molar-refractivity contribution in [3.63, 3.8) is 0 Å². The second-order valence-electron chi connectivity index (χ2n) is 4.67. The molecule has 0 atom stereocenters. The van der Waals surface area contributed by atoms with E-state index in [0.717, 1.165) is 12.1 Å². The van der Waals surface area contributed by atoms with E-state index < -0.39 is 0 Å². The van der Waals surface area contributed by atoms with E-state index >= 15 is 0 Å². The van der Waals surface area contributed by atoms with Crippen molar-refractivity contribution in [2.75, 3.05) is 5.73 Å². The first kappa shape index (κ1) is 13.2. The van der Waals surface area contributed by atoms with Crippen LogP contribution in [-0.2, 0) is 6.42 Å². The lowest BCUT2D eigenvalue weighted by atomic mass is 10.1. The van der Waals surface area contributed by atoms with E-state index in [2.05, 4.69) is 22.4 Å². The first-order chi connectivity index (χ1) is 10.2. The highest BCUT2D eigenvalue weighted by Gasteiger charge is 2.14. The third-order valence-electron chi connectivity index (χ3n) is 3.29. The lowest BCUT2D eigenvalue weighted by Gasteiger charge is -2.08. The van der Waals surface area contributed by atoms with Gasteiger partial charge in [0.05, 0.1) is 5.69 Å². The Bertz CT molecular complexity index is 781. The van der Waals surface area contributed by atoms with Gasteiger partial charge in [0.2, 0.25) is 0 Å². The number of halogens is 1. The van der Waals surface area contributed by atoms with Crippen molar-refractivity contribution in [3.05, 3.63) is 53.8 Å². The van der Waals surface area contributed by atoms with Crippen molar-refractivity contribution >= 4 is 5.69 Å². The zero-order valence-corrected chi connectivity index (χ0v) is 11.5. The molecule has 0 aliphatic carbocycles. The summed E-state index contributed by atoms with van der Waals surface area (Å²) in [5.41, 5.74) is 8.80. The maximum atomic E-state index is 13.2. The Hall–Kier alpha value is -2.76. The smallest absolute Gasteiger partial charge is 0.189 e. The summed E-state index contributed by atoms with van der Waals surface area (Å²) in [6.07, 6.45) is 0.921. The standard InChI is InChI=1S/C15H14FN5/c1-2-10-4-3-5-12(8-10)21-15(18-19-20-21)13-7-6-11(16)9-14(13)17/h3-9H,2,17H2,1H3. The van der Waals surface area contributed by atoms with Gasteiger partial charge in [-0.2, -0.15) is 4.68 Å². The van der Waals surface area contributed by atoms with Crippen molar-refractivity contribution in [1.82, 2.24) is 20.2 Å². The number of anilines is 1. The Morgan fingerprint density at radius 3 is 2.81 bits per heavy atom. The molecule has 3 aromatic rings. The molecule has 0 spiro atoms. The molecule has 106 valence electrons. The third-order valence-corrected chi connectivity index (χ3v) is 3.29. The minimum absolute atomic E-state index is 0.303. The van der Waals surface area contributed by atoms with Crippen LogP contribution in [0.5, 0.6) is 0 Å². The van der Waals surface area contributed by atoms with Gasteiger partial charge in [0.25, 0.3) is 0 Å². The van der Waals surface area contributed by atoms with Crippen LogP contribution in [0.2, 0.25) is 0 Å².